The standard InChI is InChI=1S/C18H28N2O/c1-20-9-3-4-14(13-20)12-19-17-7-5-15-6-8-18(21-2)11-16(15)10-17/h6,8,11,14,17,19H,3-5,7,9-10,12-13H2,1-2H3. The second-order valence-electron chi connectivity index (χ2n) is 6.75. The van der Waals surface area contributed by atoms with Gasteiger partial charge in [0, 0.05) is 12.6 Å². The first-order chi connectivity index (χ1) is 10.2. The fourth-order valence-corrected chi connectivity index (χ4v) is 3.81. The molecule has 3 heteroatoms. The maximum atomic E-state index is 5.36. The minimum absolute atomic E-state index is 0.636. The fourth-order valence-electron chi connectivity index (χ4n) is 3.81. The van der Waals surface area contributed by atoms with E-state index in [1.807, 2.05) is 0 Å². The third kappa shape index (κ3) is 3.78. The third-order valence-electron chi connectivity index (χ3n) is 5.06. The number of hydrogen-bond donors (Lipinski definition) is 1. The number of methoxy groups -OCH3 is 1. The number of likely N-dealkylation sites (tertiary alicyclic amines) is 1. The summed E-state index contributed by atoms with van der Waals surface area (Å²) in [5.41, 5.74) is 2.98. The summed E-state index contributed by atoms with van der Waals surface area (Å²) < 4.78 is 5.36. The minimum Gasteiger partial charge on any atom is -0.497 e. The zero-order valence-corrected chi connectivity index (χ0v) is 13.4. The Morgan fingerprint density at radius 1 is 1.29 bits per heavy atom. The Morgan fingerprint density at radius 2 is 2.19 bits per heavy atom. The van der Waals surface area contributed by atoms with Crippen LogP contribution in [0.25, 0.3) is 0 Å². The summed E-state index contributed by atoms with van der Waals surface area (Å²) in [6.45, 7) is 3.70. The van der Waals surface area contributed by atoms with Gasteiger partial charge in [-0.25, -0.2) is 0 Å². The molecule has 116 valence electrons. The number of aryl methyl sites for hydroxylation is 1. The Morgan fingerprint density at radius 3 is 3.00 bits per heavy atom. The van der Waals surface area contributed by atoms with E-state index in [-0.39, 0.29) is 0 Å². The Hall–Kier alpha value is -1.06. The van der Waals surface area contributed by atoms with Crippen molar-refractivity contribution < 1.29 is 4.74 Å². The van der Waals surface area contributed by atoms with Crippen molar-refractivity contribution in [1.82, 2.24) is 10.2 Å². The molecule has 0 spiro atoms. The van der Waals surface area contributed by atoms with Crippen molar-refractivity contribution >= 4 is 0 Å². The zero-order valence-electron chi connectivity index (χ0n) is 13.4. The molecular weight excluding hydrogens is 260 g/mol. The highest BCUT2D eigenvalue weighted by molar-refractivity contribution is 5.37. The van der Waals surface area contributed by atoms with Crippen LogP contribution < -0.4 is 10.1 Å². The molecule has 0 bridgehead atoms. The maximum Gasteiger partial charge on any atom is 0.119 e. The second-order valence-corrected chi connectivity index (χ2v) is 6.75. The van der Waals surface area contributed by atoms with Crippen LogP contribution in [0.3, 0.4) is 0 Å². The molecule has 1 aliphatic heterocycles. The summed E-state index contributed by atoms with van der Waals surface area (Å²) in [5, 5.41) is 3.82. The molecule has 0 aromatic heterocycles. The summed E-state index contributed by atoms with van der Waals surface area (Å²) in [6, 6.07) is 7.18. The van der Waals surface area contributed by atoms with Crippen molar-refractivity contribution in [2.24, 2.45) is 5.92 Å². The fraction of sp³-hybridized carbons (Fsp3) is 0.667. The second kappa shape index (κ2) is 6.80. The highest BCUT2D eigenvalue weighted by Gasteiger charge is 2.21. The van der Waals surface area contributed by atoms with Crippen LogP contribution in [0.15, 0.2) is 18.2 Å². The van der Waals surface area contributed by atoms with E-state index in [1.54, 1.807) is 7.11 Å². The van der Waals surface area contributed by atoms with Gasteiger partial charge in [-0.15, -0.1) is 0 Å². The molecule has 0 amide bonds. The highest BCUT2D eigenvalue weighted by atomic mass is 16.5. The first-order valence-electron chi connectivity index (χ1n) is 8.32. The van der Waals surface area contributed by atoms with E-state index in [2.05, 4.69) is 35.5 Å². The number of ether oxygens (including phenoxy) is 1. The van der Waals surface area contributed by atoms with Gasteiger partial charge in [0.05, 0.1) is 7.11 Å². The zero-order chi connectivity index (χ0) is 14.7. The van der Waals surface area contributed by atoms with Crippen LogP contribution in [0.5, 0.6) is 5.75 Å². The van der Waals surface area contributed by atoms with Gasteiger partial charge in [0.1, 0.15) is 5.75 Å². The summed E-state index contributed by atoms with van der Waals surface area (Å²) >= 11 is 0. The van der Waals surface area contributed by atoms with E-state index in [0.717, 1.165) is 18.1 Å². The Labute approximate surface area is 128 Å². The van der Waals surface area contributed by atoms with Crippen LogP contribution in [0.1, 0.15) is 30.4 Å². The molecule has 3 rings (SSSR count). The van der Waals surface area contributed by atoms with Crippen molar-refractivity contribution in [2.45, 2.75) is 38.1 Å². The number of nitrogens with zero attached hydrogens (tertiary/aromatic N) is 1. The van der Waals surface area contributed by atoms with E-state index < -0.39 is 0 Å². The molecule has 1 aromatic carbocycles. The van der Waals surface area contributed by atoms with Crippen molar-refractivity contribution in [2.75, 3.05) is 33.8 Å². The summed E-state index contributed by atoms with van der Waals surface area (Å²) in [6.07, 6.45) is 6.35. The molecule has 1 saturated heterocycles. The normalized spacial score (nSPS) is 26.4. The average molecular weight is 288 g/mol. The summed E-state index contributed by atoms with van der Waals surface area (Å²) in [5.74, 6) is 1.82. The lowest BCUT2D eigenvalue weighted by atomic mass is 9.87. The predicted molar refractivity (Wildman–Crippen MR) is 87.0 cm³/mol. The number of fused-ring (bicyclic) bond motifs is 1. The van der Waals surface area contributed by atoms with Crippen molar-refractivity contribution in [3.63, 3.8) is 0 Å². The minimum atomic E-state index is 0.636. The van der Waals surface area contributed by atoms with Gasteiger partial charge >= 0.3 is 0 Å². The van der Waals surface area contributed by atoms with Gasteiger partial charge < -0.3 is 15.0 Å². The predicted octanol–water partition coefficient (Wildman–Crippen LogP) is 2.48. The van der Waals surface area contributed by atoms with E-state index in [0.29, 0.717) is 6.04 Å². The molecule has 1 aliphatic carbocycles. The van der Waals surface area contributed by atoms with Gasteiger partial charge in [0.15, 0.2) is 0 Å². The molecule has 0 radical (unpaired) electrons. The molecule has 2 aliphatic rings. The molecule has 2 unspecified atom stereocenters. The van der Waals surface area contributed by atoms with E-state index in [1.165, 1.54) is 56.4 Å². The third-order valence-corrected chi connectivity index (χ3v) is 5.06. The van der Waals surface area contributed by atoms with Crippen LogP contribution in [0, 0.1) is 5.92 Å². The lowest BCUT2D eigenvalue weighted by Gasteiger charge is -2.32. The Bertz CT molecular complexity index is 474. The van der Waals surface area contributed by atoms with Crippen LogP contribution in [0.4, 0.5) is 0 Å². The smallest absolute Gasteiger partial charge is 0.119 e. The lowest BCUT2D eigenvalue weighted by molar-refractivity contribution is 0.201. The largest absolute Gasteiger partial charge is 0.497 e. The van der Waals surface area contributed by atoms with Gasteiger partial charge in [-0.3, -0.25) is 0 Å². The van der Waals surface area contributed by atoms with Crippen molar-refractivity contribution in [3.8, 4) is 5.75 Å². The maximum absolute atomic E-state index is 5.36. The van der Waals surface area contributed by atoms with E-state index in [9.17, 15) is 0 Å². The quantitative estimate of drug-likeness (QED) is 0.921. The number of piperidine rings is 1. The molecule has 2 atom stereocenters. The molecule has 1 heterocycles. The van der Waals surface area contributed by atoms with Gasteiger partial charge in [-0.1, -0.05) is 6.07 Å². The van der Waals surface area contributed by atoms with Crippen LogP contribution in [-0.2, 0) is 12.8 Å². The molecule has 21 heavy (non-hydrogen) atoms. The summed E-state index contributed by atoms with van der Waals surface area (Å²) in [7, 11) is 4.00. The van der Waals surface area contributed by atoms with Crippen molar-refractivity contribution in [3.05, 3.63) is 29.3 Å². The molecular formula is C18H28N2O. The number of rotatable bonds is 4. The average Bonchev–Trinajstić information content (AvgIpc) is 2.52. The molecule has 0 saturated carbocycles. The first kappa shape index (κ1) is 14.9. The van der Waals surface area contributed by atoms with Crippen molar-refractivity contribution in [1.29, 1.82) is 0 Å². The Balaban J connectivity index is 1.53. The van der Waals surface area contributed by atoms with Crippen LogP contribution in [-0.4, -0.2) is 44.7 Å². The van der Waals surface area contributed by atoms with E-state index in [4.69, 9.17) is 4.74 Å². The number of benzene rings is 1. The first-order valence-corrected chi connectivity index (χ1v) is 8.32. The summed E-state index contributed by atoms with van der Waals surface area (Å²) in [4.78, 5) is 2.47. The van der Waals surface area contributed by atoms with E-state index >= 15 is 0 Å². The lowest BCUT2D eigenvalue weighted by Crippen LogP contribution is -2.42. The van der Waals surface area contributed by atoms with Gasteiger partial charge in [0.2, 0.25) is 0 Å². The van der Waals surface area contributed by atoms with Crippen LogP contribution >= 0.6 is 0 Å². The monoisotopic (exact) mass is 288 g/mol. The van der Waals surface area contributed by atoms with Gasteiger partial charge in [0.25, 0.3) is 0 Å². The number of hydrogen-bond acceptors (Lipinski definition) is 3. The molecule has 1 fully saturated rings. The highest BCUT2D eigenvalue weighted by Crippen LogP contribution is 2.26. The topological polar surface area (TPSA) is 24.5 Å². The van der Waals surface area contributed by atoms with Gasteiger partial charge in [-0.2, -0.15) is 0 Å². The SMILES string of the molecule is COc1ccc2c(c1)CC(NCC1CCCN(C)C1)CC2. The number of nitrogens with one attached hydrogen (secondary N) is 1. The molecule has 1 N–H and O–H groups in total. The van der Waals surface area contributed by atoms with Crippen LogP contribution in [0.2, 0.25) is 0 Å². The molecule has 1 aromatic rings. The molecule has 3 nitrogen and oxygen atoms in total. The Kier molecular flexibility index (Phi) is 4.81. The van der Waals surface area contributed by atoms with Gasteiger partial charge in [-0.05, 0) is 81.4 Å².